The lowest BCUT2D eigenvalue weighted by molar-refractivity contribution is -0.111. The normalized spacial score (nSPS) is 11.9. The molecule has 0 aromatic carbocycles. The first-order valence-electron chi connectivity index (χ1n) is 5.23. The molecule has 0 aliphatic heterocycles. The van der Waals surface area contributed by atoms with Gasteiger partial charge in [-0.25, -0.2) is 0 Å². The number of alkyl halides is 1. The fourth-order valence-electron chi connectivity index (χ4n) is 0.804. The average Bonchev–Trinajstić information content (AvgIpc) is 2.30. The summed E-state index contributed by atoms with van der Waals surface area (Å²) in [6.45, 7) is 3.88. The van der Waals surface area contributed by atoms with Crippen LogP contribution in [-0.4, -0.2) is 32.1 Å². The minimum atomic E-state index is -0.0648. The highest BCUT2D eigenvalue weighted by Gasteiger charge is 2.01. The highest BCUT2D eigenvalue weighted by Crippen LogP contribution is 2.08. The largest absolute Gasteiger partial charge is 0.356 e. The first-order chi connectivity index (χ1) is 7.15. The summed E-state index contributed by atoms with van der Waals surface area (Å²) >= 11 is 3.32. The molecule has 0 amide bonds. The Bertz CT molecular complexity index is 127. The maximum atomic E-state index is 10.2. The van der Waals surface area contributed by atoms with Gasteiger partial charge in [-0.2, -0.15) is 0 Å². The number of halogens is 1. The molecule has 1 atom stereocenters. The van der Waals surface area contributed by atoms with E-state index < -0.39 is 0 Å². The Kier molecular flexibility index (Phi) is 16.4. The Morgan fingerprint density at radius 3 is 2.07 bits per heavy atom. The van der Waals surface area contributed by atoms with Gasteiger partial charge in [-0.3, -0.25) is 0 Å². The average molecular weight is 283 g/mol. The van der Waals surface area contributed by atoms with E-state index in [4.69, 9.17) is 0 Å². The first-order valence-corrected chi connectivity index (χ1v) is 6.35. The van der Waals surface area contributed by atoms with Gasteiger partial charge in [-0.15, -0.1) is 0 Å². The molecular formula is C11H23BrO3. The van der Waals surface area contributed by atoms with Gasteiger partial charge in [-0.05, 0) is 26.2 Å². The number of methoxy groups -OCH3 is 2. The van der Waals surface area contributed by atoms with Crippen molar-refractivity contribution >= 4 is 22.2 Å². The van der Waals surface area contributed by atoms with Gasteiger partial charge in [0.25, 0.3) is 0 Å². The van der Waals surface area contributed by atoms with Gasteiger partial charge in [-0.1, -0.05) is 22.9 Å². The summed E-state index contributed by atoms with van der Waals surface area (Å²) in [4.78, 5) is 10.2. The van der Waals surface area contributed by atoms with Crippen molar-refractivity contribution in [2.75, 3.05) is 19.5 Å². The second kappa shape index (κ2) is 14.1. The zero-order valence-corrected chi connectivity index (χ0v) is 11.7. The summed E-state index contributed by atoms with van der Waals surface area (Å²) in [5, 5.41) is 1.01. The Balaban J connectivity index is 0. The predicted octanol–water partition coefficient (Wildman–Crippen LogP) is 3.01. The van der Waals surface area contributed by atoms with Gasteiger partial charge in [0.1, 0.15) is 6.29 Å². The molecule has 0 rings (SSSR count). The minimum Gasteiger partial charge on any atom is -0.356 e. The molecule has 0 aliphatic rings. The van der Waals surface area contributed by atoms with Crippen molar-refractivity contribution < 1.29 is 14.3 Å². The molecule has 0 bridgehead atoms. The molecule has 1 unspecified atom stereocenters. The number of ether oxygens (including phenoxy) is 2. The van der Waals surface area contributed by atoms with Crippen LogP contribution in [0, 0.1) is 5.92 Å². The van der Waals surface area contributed by atoms with Crippen molar-refractivity contribution in [1.29, 1.82) is 0 Å². The topological polar surface area (TPSA) is 35.5 Å². The van der Waals surface area contributed by atoms with Crippen LogP contribution in [0.25, 0.3) is 0 Å². The molecule has 3 nitrogen and oxygen atoms in total. The molecule has 92 valence electrons. The van der Waals surface area contributed by atoms with Gasteiger partial charge < -0.3 is 14.3 Å². The summed E-state index contributed by atoms with van der Waals surface area (Å²) in [7, 11) is 3.21. The second-order valence-electron chi connectivity index (χ2n) is 3.17. The summed E-state index contributed by atoms with van der Waals surface area (Å²) < 4.78 is 9.35. The summed E-state index contributed by atoms with van der Waals surface area (Å²) in [5.41, 5.74) is 0. The summed E-state index contributed by atoms with van der Waals surface area (Å²) in [6, 6.07) is 0. The van der Waals surface area contributed by atoms with E-state index in [0.717, 1.165) is 30.9 Å². The maximum Gasteiger partial charge on any atom is 0.154 e. The lowest BCUT2D eigenvalue weighted by Crippen LogP contribution is -2.05. The number of rotatable bonds is 7. The van der Waals surface area contributed by atoms with E-state index in [1.54, 1.807) is 14.2 Å². The molecule has 4 heteroatoms. The Morgan fingerprint density at radius 1 is 1.33 bits per heavy atom. The Morgan fingerprint density at radius 2 is 1.87 bits per heavy atom. The molecular weight excluding hydrogens is 260 g/mol. The lowest BCUT2D eigenvalue weighted by atomic mass is 10.0. The van der Waals surface area contributed by atoms with Crippen LogP contribution < -0.4 is 0 Å². The van der Waals surface area contributed by atoms with Gasteiger partial charge in [0, 0.05) is 25.5 Å². The SMILES string of the molecule is CCC(C=O)CCCBr.COC(C)OC. The second-order valence-corrected chi connectivity index (χ2v) is 3.97. The van der Waals surface area contributed by atoms with Crippen LogP contribution in [0.3, 0.4) is 0 Å². The number of aldehydes is 1. The van der Waals surface area contributed by atoms with E-state index in [1.807, 2.05) is 13.8 Å². The fraction of sp³-hybridized carbons (Fsp3) is 0.909. The van der Waals surface area contributed by atoms with Crippen LogP contribution in [0.15, 0.2) is 0 Å². The van der Waals surface area contributed by atoms with E-state index in [9.17, 15) is 4.79 Å². The smallest absolute Gasteiger partial charge is 0.154 e. The van der Waals surface area contributed by atoms with Crippen LogP contribution in [-0.2, 0) is 14.3 Å². The highest BCUT2D eigenvalue weighted by molar-refractivity contribution is 9.09. The van der Waals surface area contributed by atoms with E-state index in [0.29, 0.717) is 5.92 Å². The van der Waals surface area contributed by atoms with Crippen molar-refractivity contribution in [3.63, 3.8) is 0 Å². The standard InChI is InChI=1S/C7H13BrO.C4H10O2/c1-2-7(6-9)4-3-5-8;1-4(5-2)6-3/h6-7H,2-5H2,1H3;4H,1-3H3. The predicted molar refractivity (Wildman–Crippen MR) is 66.4 cm³/mol. The zero-order chi connectivity index (χ0) is 12.1. The number of carbonyl (C=O) groups is 1. The summed E-state index contributed by atoms with van der Waals surface area (Å²) in [6.07, 6.45) is 4.12. The van der Waals surface area contributed by atoms with Crippen molar-refractivity contribution in [2.24, 2.45) is 5.92 Å². The van der Waals surface area contributed by atoms with Gasteiger partial charge in [0.15, 0.2) is 6.29 Å². The molecule has 0 aromatic heterocycles. The number of hydrogen-bond donors (Lipinski definition) is 0. The van der Waals surface area contributed by atoms with Crippen molar-refractivity contribution in [1.82, 2.24) is 0 Å². The van der Waals surface area contributed by atoms with E-state index in [1.165, 1.54) is 0 Å². The zero-order valence-electron chi connectivity index (χ0n) is 10.2. The van der Waals surface area contributed by atoms with Crippen LogP contribution in [0.2, 0.25) is 0 Å². The monoisotopic (exact) mass is 282 g/mol. The lowest BCUT2D eigenvalue weighted by Gasteiger charge is -2.03. The van der Waals surface area contributed by atoms with E-state index in [-0.39, 0.29) is 6.29 Å². The van der Waals surface area contributed by atoms with Crippen LogP contribution in [0.1, 0.15) is 33.1 Å². The minimum absolute atomic E-state index is 0.0648. The molecule has 0 spiro atoms. The highest BCUT2D eigenvalue weighted by atomic mass is 79.9. The molecule has 0 heterocycles. The molecule has 0 saturated carbocycles. The van der Waals surface area contributed by atoms with Crippen LogP contribution in [0.5, 0.6) is 0 Å². The third-order valence-corrected chi connectivity index (χ3v) is 2.65. The molecule has 0 aromatic rings. The fourth-order valence-corrected chi connectivity index (χ4v) is 1.13. The summed E-state index contributed by atoms with van der Waals surface area (Å²) in [5.74, 6) is 0.294. The molecule has 0 fully saturated rings. The van der Waals surface area contributed by atoms with Gasteiger partial charge >= 0.3 is 0 Å². The van der Waals surface area contributed by atoms with Crippen molar-refractivity contribution in [3.8, 4) is 0 Å². The van der Waals surface area contributed by atoms with Crippen LogP contribution in [0.4, 0.5) is 0 Å². The third-order valence-electron chi connectivity index (χ3n) is 2.09. The molecule has 15 heavy (non-hydrogen) atoms. The number of carbonyl (C=O) groups excluding carboxylic acids is 1. The quantitative estimate of drug-likeness (QED) is 0.409. The molecule has 0 saturated heterocycles. The van der Waals surface area contributed by atoms with Gasteiger partial charge in [0.2, 0.25) is 0 Å². The van der Waals surface area contributed by atoms with E-state index >= 15 is 0 Å². The van der Waals surface area contributed by atoms with Crippen molar-refractivity contribution in [2.45, 2.75) is 39.4 Å². The Hall–Kier alpha value is 0.0700. The molecule has 0 N–H and O–H groups in total. The maximum absolute atomic E-state index is 10.2. The Labute approximate surface area is 102 Å². The molecule has 0 aliphatic carbocycles. The van der Waals surface area contributed by atoms with E-state index in [2.05, 4.69) is 25.4 Å². The number of hydrogen-bond acceptors (Lipinski definition) is 3. The van der Waals surface area contributed by atoms with Gasteiger partial charge in [0.05, 0.1) is 0 Å². The van der Waals surface area contributed by atoms with Crippen molar-refractivity contribution in [3.05, 3.63) is 0 Å². The first kappa shape index (κ1) is 17.5. The third kappa shape index (κ3) is 14.1. The molecule has 0 radical (unpaired) electrons. The van der Waals surface area contributed by atoms with Crippen LogP contribution >= 0.6 is 15.9 Å².